The third-order valence-corrected chi connectivity index (χ3v) is 3.66. The summed E-state index contributed by atoms with van der Waals surface area (Å²) < 4.78 is 0. The van der Waals surface area contributed by atoms with Gasteiger partial charge in [0.1, 0.15) is 0 Å². The Hall–Kier alpha value is -0.860. The van der Waals surface area contributed by atoms with Crippen LogP contribution in [0.25, 0.3) is 0 Å². The first-order valence-corrected chi connectivity index (χ1v) is 6.65. The van der Waals surface area contributed by atoms with Crippen LogP contribution in [0.4, 0.5) is 0 Å². The molecule has 0 radical (unpaired) electrons. The molecule has 0 heterocycles. The normalized spacial score (nSPS) is 21.3. The van der Waals surface area contributed by atoms with Gasteiger partial charge in [0.2, 0.25) is 0 Å². The number of aliphatic hydroxyl groups excluding tert-OH is 1. The van der Waals surface area contributed by atoms with Crippen LogP contribution in [0.15, 0.2) is 24.3 Å². The molecule has 0 saturated carbocycles. The minimum absolute atomic E-state index is 0.217. The fraction of sp³-hybridized carbons (Fsp3) is 0.600. The molecule has 0 aromatic heterocycles. The second kappa shape index (κ2) is 5.65. The summed E-state index contributed by atoms with van der Waals surface area (Å²) in [7, 11) is 0. The van der Waals surface area contributed by atoms with Gasteiger partial charge in [-0.3, -0.25) is 0 Å². The molecule has 0 unspecified atom stereocenters. The zero-order valence-electron chi connectivity index (χ0n) is 10.8. The van der Waals surface area contributed by atoms with Gasteiger partial charge in [0.25, 0.3) is 0 Å². The molecule has 1 aliphatic carbocycles. The van der Waals surface area contributed by atoms with Crippen molar-refractivity contribution in [3.63, 3.8) is 0 Å². The molecule has 0 amide bonds. The number of hydrogen-bond acceptors (Lipinski definition) is 2. The van der Waals surface area contributed by atoms with Gasteiger partial charge in [0, 0.05) is 12.6 Å². The molecule has 2 N–H and O–H groups in total. The molecule has 1 aliphatic rings. The van der Waals surface area contributed by atoms with E-state index in [-0.39, 0.29) is 6.10 Å². The first kappa shape index (κ1) is 12.6. The van der Waals surface area contributed by atoms with Crippen molar-refractivity contribution in [2.75, 3.05) is 6.54 Å². The van der Waals surface area contributed by atoms with Gasteiger partial charge in [-0.25, -0.2) is 0 Å². The lowest BCUT2D eigenvalue weighted by Gasteiger charge is -2.29. The van der Waals surface area contributed by atoms with Crippen LogP contribution in [-0.2, 0) is 12.8 Å². The van der Waals surface area contributed by atoms with E-state index in [0.29, 0.717) is 18.5 Å². The molecule has 0 saturated heterocycles. The average molecular weight is 233 g/mol. The highest BCUT2D eigenvalue weighted by Crippen LogP contribution is 2.27. The monoisotopic (exact) mass is 233 g/mol. The number of nitrogens with one attached hydrogen (secondary N) is 1. The standard InChI is InChI=1S/C15H23NO/c1-11(2)16-10-15(17)14-8-7-12-5-3-4-6-13(12)9-14/h3-6,11,14-17H,7-10H2,1-2H3/t14-,15-/m1/s1. The van der Waals surface area contributed by atoms with Crippen molar-refractivity contribution < 1.29 is 5.11 Å². The van der Waals surface area contributed by atoms with Crippen molar-refractivity contribution in [2.24, 2.45) is 5.92 Å². The third kappa shape index (κ3) is 3.30. The van der Waals surface area contributed by atoms with Crippen molar-refractivity contribution in [1.82, 2.24) is 5.32 Å². The highest BCUT2D eigenvalue weighted by molar-refractivity contribution is 5.29. The van der Waals surface area contributed by atoms with E-state index in [9.17, 15) is 5.11 Å². The van der Waals surface area contributed by atoms with Crippen molar-refractivity contribution >= 4 is 0 Å². The minimum Gasteiger partial charge on any atom is -0.392 e. The van der Waals surface area contributed by atoms with Gasteiger partial charge in [-0.1, -0.05) is 38.1 Å². The second-order valence-electron chi connectivity index (χ2n) is 5.40. The highest BCUT2D eigenvalue weighted by atomic mass is 16.3. The van der Waals surface area contributed by atoms with Gasteiger partial charge in [-0.05, 0) is 36.3 Å². The van der Waals surface area contributed by atoms with Crippen molar-refractivity contribution in [3.8, 4) is 0 Å². The minimum atomic E-state index is -0.217. The first-order chi connectivity index (χ1) is 8.16. The van der Waals surface area contributed by atoms with E-state index in [2.05, 4.69) is 43.4 Å². The lowest BCUT2D eigenvalue weighted by atomic mass is 9.81. The predicted molar refractivity (Wildman–Crippen MR) is 71.1 cm³/mol. The number of aryl methyl sites for hydroxylation is 1. The van der Waals surface area contributed by atoms with Crippen LogP contribution in [0.5, 0.6) is 0 Å². The van der Waals surface area contributed by atoms with E-state index in [1.54, 1.807) is 0 Å². The summed E-state index contributed by atoms with van der Waals surface area (Å²) >= 11 is 0. The number of hydrogen-bond donors (Lipinski definition) is 2. The molecule has 0 aliphatic heterocycles. The largest absolute Gasteiger partial charge is 0.392 e. The van der Waals surface area contributed by atoms with Gasteiger partial charge in [-0.2, -0.15) is 0 Å². The van der Waals surface area contributed by atoms with Gasteiger partial charge in [0.05, 0.1) is 6.10 Å². The topological polar surface area (TPSA) is 32.3 Å². The lowest BCUT2D eigenvalue weighted by Crippen LogP contribution is -2.38. The zero-order valence-corrected chi connectivity index (χ0v) is 10.8. The van der Waals surface area contributed by atoms with Gasteiger partial charge in [0.15, 0.2) is 0 Å². The Morgan fingerprint density at radius 1 is 1.29 bits per heavy atom. The molecule has 1 aromatic carbocycles. The van der Waals surface area contributed by atoms with Crippen molar-refractivity contribution in [2.45, 2.75) is 45.3 Å². The fourth-order valence-electron chi connectivity index (χ4n) is 2.58. The lowest BCUT2D eigenvalue weighted by molar-refractivity contribution is 0.0960. The van der Waals surface area contributed by atoms with Gasteiger partial charge >= 0.3 is 0 Å². The molecular formula is C15H23NO. The molecule has 0 fully saturated rings. The number of benzene rings is 1. The predicted octanol–water partition coefficient (Wildman–Crippen LogP) is 2.15. The Morgan fingerprint density at radius 2 is 2.00 bits per heavy atom. The maximum Gasteiger partial charge on any atom is 0.0696 e. The fourth-order valence-corrected chi connectivity index (χ4v) is 2.58. The Kier molecular flexibility index (Phi) is 4.19. The summed E-state index contributed by atoms with van der Waals surface area (Å²) in [6.45, 7) is 4.94. The van der Waals surface area contributed by atoms with Crippen LogP contribution in [0.3, 0.4) is 0 Å². The van der Waals surface area contributed by atoms with Gasteiger partial charge in [-0.15, -0.1) is 0 Å². The van der Waals surface area contributed by atoms with Crippen LogP contribution in [0, 0.1) is 5.92 Å². The summed E-state index contributed by atoms with van der Waals surface area (Å²) in [5.41, 5.74) is 2.89. The summed E-state index contributed by atoms with van der Waals surface area (Å²) in [4.78, 5) is 0. The molecular weight excluding hydrogens is 210 g/mol. The Morgan fingerprint density at radius 3 is 2.71 bits per heavy atom. The SMILES string of the molecule is CC(C)NC[C@@H](O)[C@@H]1CCc2ccccc2C1. The average Bonchev–Trinajstić information content (AvgIpc) is 2.35. The summed E-state index contributed by atoms with van der Waals surface area (Å²) in [6, 6.07) is 9.06. The molecule has 17 heavy (non-hydrogen) atoms. The van der Waals surface area contributed by atoms with Crippen molar-refractivity contribution in [1.29, 1.82) is 0 Å². The maximum absolute atomic E-state index is 10.2. The summed E-state index contributed by atoms with van der Waals surface area (Å²) in [6.07, 6.45) is 3.03. The van der Waals surface area contributed by atoms with Crippen LogP contribution in [0.2, 0.25) is 0 Å². The number of fused-ring (bicyclic) bond motifs is 1. The molecule has 0 bridgehead atoms. The Balaban J connectivity index is 1.93. The molecule has 94 valence electrons. The molecule has 2 rings (SSSR count). The molecule has 0 spiro atoms. The Labute approximate surface area is 104 Å². The van der Waals surface area contributed by atoms with Crippen LogP contribution in [-0.4, -0.2) is 23.8 Å². The summed E-state index contributed by atoms with van der Waals surface area (Å²) in [5.74, 6) is 0.413. The zero-order chi connectivity index (χ0) is 12.3. The van der Waals surface area contributed by atoms with Crippen LogP contribution < -0.4 is 5.32 Å². The molecule has 2 nitrogen and oxygen atoms in total. The van der Waals surface area contributed by atoms with E-state index in [1.807, 2.05) is 0 Å². The van der Waals surface area contributed by atoms with E-state index in [4.69, 9.17) is 0 Å². The van der Waals surface area contributed by atoms with E-state index < -0.39 is 0 Å². The second-order valence-corrected chi connectivity index (χ2v) is 5.40. The first-order valence-electron chi connectivity index (χ1n) is 6.65. The van der Waals surface area contributed by atoms with Gasteiger partial charge < -0.3 is 10.4 Å². The van der Waals surface area contributed by atoms with E-state index in [1.165, 1.54) is 11.1 Å². The molecule has 1 aromatic rings. The molecule has 2 atom stereocenters. The van der Waals surface area contributed by atoms with E-state index in [0.717, 1.165) is 19.3 Å². The number of rotatable bonds is 4. The maximum atomic E-state index is 10.2. The highest BCUT2D eigenvalue weighted by Gasteiger charge is 2.24. The quantitative estimate of drug-likeness (QED) is 0.835. The smallest absolute Gasteiger partial charge is 0.0696 e. The van der Waals surface area contributed by atoms with Crippen LogP contribution >= 0.6 is 0 Å². The third-order valence-electron chi connectivity index (χ3n) is 3.66. The van der Waals surface area contributed by atoms with Crippen LogP contribution in [0.1, 0.15) is 31.4 Å². The Bertz CT molecular complexity index is 362. The number of aliphatic hydroxyl groups is 1. The van der Waals surface area contributed by atoms with Crippen molar-refractivity contribution in [3.05, 3.63) is 35.4 Å². The summed E-state index contributed by atoms with van der Waals surface area (Å²) in [5, 5.41) is 13.5. The molecule has 2 heteroatoms. The van der Waals surface area contributed by atoms with E-state index >= 15 is 0 Å².